The van der Waals surface area contributed by atoms with Crippen molar-refractivity contribution in [3.05, 3.63) is 153 Å². The van der Waals surface area contributed by atoms with Crippen molar-refractivity contribution in [2.45, 2.75) is 119 Å². The van der Waals surface area contributed by atoms with Gasteiger partial charge in [-0.15, -0.1) is 0 Å². The number of rotatable bonds is 6. The molecule has 0 amide bonds. The lowest BCUT2D eigenvalue weighted by atomic mass is 9.79. The van der Waals surface area contributed by atoms with Crippen LogP contribution in [0.5, 0.6) is 0 Å². The molecule has 0 unspecified atom stereocenters. The van der Waals surface area contributed by atoms with E-state index in [1.807, 2.05) is 6.20 Å². The minimum Gasteiger partial charge on any atom is -0.255 e. The number of aryl methyl sites for hydroxylation is 2. The second-order valence-corrected chi connectivity index (χ2v) is 21.8. The summed E-state index contributed by atoms with van der Waals surface area (Å²) in [5.41, 5.74) is 16.7. The summed E-state index contributed by atoms with van der Waals surface area (Å²) in [4.78, 5) is 20.8. The lowest BCUT2D eigenvalue weighted by Gasteiger charge is -2.26. The first-order valence-electron chi connectivity index (χ1n) is 21.5. The number of halogens is 1. The normalized spacial score (nSPS) is 12.5. The van der Waals surface area contributed by atoms with E-state index in [0.717, 1.165) is 38.0 Å². The Morgan fingerprint density at radius 1 is 0.377 bits per heavy atom. The van der Waals surface area contributed by atoms with Crippen molar-refractivity contribution >= 4 is 15.9 Å². The summed E-state index contributed by atoms with van der Waals surface area (Å²) < 4.78 is 1.01. The van der Waals surface area contributed by atoms with Crippen LogP contribution in [0.1, 0.15) is 116 Å². The molecule has 0 aliphatic carbocycles. The van der Waals surface area contributed by atoms with Gasteiger partial charge in [0.2, 0.25) is 0 Å². The molecule has 0 aliphatic heterocycles. The smallest absolute Gasteiger partial charge is 0.165 e. The van der Waals surface area contributed by atoms with Crippen molar-refractivity contribution in [2.75, 3.05) is 0 Å². The highest BCUT2D eigenvalue weighted by Gasteiger charge is 2.25. The van der Waals surface area contributed by atoms with Crippen LogP contribution >= 0.6 is 15.9 Å². The van der Waals surface area contributed by atoms with E-state index in [2.05, 4.69) is 222 Å². The first-order chi connectivity index (χ1) is 28.4. The van der Waals surface area contributed by atoms with Crippen LogP contribution in [-0.4, -0.2) is 19.9 Å². The Kier molecular flexibility index (Phi) is 11.6. The predicted octanol–water partition coefficient (Wildman–Crippen LogP) is 15.8. The van der Waals surface area contributed by atoms with Crippen molar-refractivity contribution in [3.63, 3.8) is 0 Å². The zero-order valence-corrected chi connectivity index (χ0v) is 40.2. The standard InChI is InChI=1S/C56H61BrN4/c1-34-23-35(2)25-38(24-34)45-17-15-16-18-46(45)47-21-19-36(30-48(47)57)49-22-20-37(33-58-49)50-59-51(39-26-41(53(3,4)5)31-42(27-39)54(6,7)8)61-52(60-50)40-28-43(55(9,10)11)32-44(29-40)56(12,13)14/h15-33H,1-14H3. The molecule has 0 fully saturated rings. The van der Waals surface area contributed by atoms with Gasteiger partial charge in [-0.05, 0) is 122 Å². The molecule has 0 spiro atoms. The summed E-state index contributed by atoms with van der Waals surface area (Å²) in [6.45, 7) is 31.5. The Morgan fingerprint density at radius 3 is 1.21 bits per heavy atom. The van der Waals surface area contributed by atoms with Gasteiger partial charge in [-0.2, -0.15) is 0 Å². The maximum atomic E-state index is 5.29. The predicted molar refractivity (Wildman–Crippen MR) is 262 cm³/mol. The molecule has 7 aromatic rings. The molecular weight excluding hydrogens is 809 g/mol. The number of pyridine rings is 1. The molecular formula is C56H61BrN4. The highest BCUT2D eigenvalue weighted by atomic mass is 79.9. The third-order valence-corrected chi connectivity index (χ3v) is 12.2. The highest BCUT2D eigenvalue weighted by Crippen LogP contribution is 2.40. The first kappa shape index (κ1) is 43.8. The van der Waals surface area contributed by atoms with Gasteiger partial charge in [0.1, 0.15) is 0 Å². The highest BCUT2D eigenvalue weighted by molar-refractivity contribution is 9.10. The van der Waals surface area contributed by atoms with Crippen LogP contribution in [0.2, 0.25) is 0 Å². The van der Waals surface area contributed by atoms with Crippen molar-refractivity contribution in [2.24, 2.45) is 0 Å². The Hall–Kier alpha value is -5.26. The molecule has 0 bridgehead atoms. The van der Waals surface area contributed by atoms with E-state index >= 15 is 0 Å². The van der Waals surface area contributed by atoms with Gasteiger partial charge < -0.3 is 0 Å². The molecule has 2 heterocycles. The fraction of sp³-hybridized carbons (Fsp3) is 0.321. The summed E-state index contributed by atoms with van der Waals surface area (Å²) in [6.07, 6.45) is 1.90. The molecule has 312 valence electrons. The summed E-state index contributed by atoms with van der Waals surface area (Å²) in [5, 5.41) is 0. The summed E-state index contributed by atoms with van der Waals surface area (Å²) in [5.74, 6) is 1.90. The van der Waals surface area contributed by atoms with Gasteiger partial charge >= 0.3 is 0 Å². The topological polar surface area (TPSA) is 51.6 Å². The average molecular weight is 870 g/mol. The quantitative estimate of drug-likeness (QED) is 0.167. The van der Waals surface area contributed by atoms with Crippen LogP contribution in [0.25, 0.3) is 67.7 Å². The fourth-order valence-electron chi connectivity index (χ4n) is 7.70. The molecule has 2 aromatic heterocycles. The van der Waals surface area contributed by atoms with Gasteiger partial charge in [-0.25, -0.2) is 15.0 Å². The van der Waals surface area contributed by atoms with E-state index in [1.54, 1.807) is 0 Å². The lowest BCUT2D eigenvalue weighted by Crippen LogP contribution is -2.17. The van der Waals surface area contributed by atoms with Crippen LogP contribution < -0.4 is 0 Å². The van der Waals surface area contributed by atoms with Crippen LogP contribution in [-0.2, 0) is 21.7 Å². The monoisotopic (exact) mass is 868 g/mol. The van der Waals surface area contributed by atoms with E-state index in [1.165, 1.54) is 50.1 Å². The van der Waals surface area contributed by atoms with Crippen LogP contribution in [0.15, 0.2) is 120 Å². The molecule has 5 heteroatoms. The van der Waals surface area contributed by atoms with Gasteiger partial charge in [0.15, 0.2) is 17.5 Å². The number of nitrogens with zero attached hydrogens (tertiary/aromatic N) is 4. The van der Waals surface area contributed by atoms with Gasteiger partial charge in [-0.1, -0.05) is 177 Å². The van der Waals surface area contributed by atoms with Gasteiger partial charge in [0, 0.05) is 32.9 Å². The van der Waals surface area contributed by atoms with Gasteiger partial charge in [-0.3, -0.25) is 4.98 Å². The Labute approximate surface area is 373 Å². The average Bonchev–Trinajstić information content (AvgIpc) is 3.18. The number of benzene rings is 5. The van der Waals surface area contributed by atoms with E-state index in [9.17, 15) is 0 Å². The summed E-state index contributed by atoms with van der Waals surface area (Å²) in [7, 11) is 0. The zero-order chi connectivity index (χ0) is 44.2. The molecule has 5 aromatic carbocycles. The minimum absolute atomic E-state index is 0.0617. The second-order valence-electron chi connectivity index (χ2n) is 21.0. The van der Waals surface area contributed by atoms with Crippen LogP contribution in [0.4, 0.5) is 0 Å². The molecule has 0 radical (unpaired) electrons. The van der Waals surface area contributed by atoms with E-state index < -0.39 is 0 Å². The zero-order valence-electron chi connectivity index (χ0n) is 38.6. The number of hydrogen-bond donors (Lipinski definition) is 0. The maximum absolute atomic E-state index is 5.29. The Bertz CT molecular complexity index is 2570. The molecule has 7 rings (SSSR count). The van der Waals surface area contributed by atoms with E-state index in [0.29, 0.717) is 17.5 Å². The first-order valence-corrected chi connectivity index (χ1v) is 22.3. The second kappa shape index (κ2) is 16.2. The van der Waals surface area contributed by atoms with Crippen molar-refractivity contribution in [3.8, 4) is 67.7 Å². The van der Waals surface area contributed by atoms with Crippen LogP contribution in [0.3, 0.4) is 0 Å². The third-order valence-electron chi connectivity index (χ3n) is 11.5. The summed E-state index contributed by atoms with van der Waals surface area (Å²) >= 11 is 3.94. The molecule has 0 saturated carbocycles. The molecule has 0 N–H and O–H groups in total. The molecule has 61 heavy (non-hydrogen) atoms. The van der Waals surface area contributed by atoms with E-state index in [-0.39, 0.29) is 21.7 Å². The third kappa shape index (κ3) is 9.79. The molecule has 0 aliphatic rings. The fourth-order valence-corrected chi connectivity index (χ4v) is 8.29. The molecule has 0 saturated heterocycles. The minimum atomic E-state index is -0.0617. The van der Waals surface area contributed by atoms with Crippen LogP contribution in [0, 0.1) is 13.8 Å². The molecule has 0 atom stereocenters. The van der Waals surface area contributed by atoms with Crippen molar-refractivity contribution in [1.82, 2.24) is 19.9 Å². The van der Waals surface area contributed by atoms with E-state index in [4.69, 9.17) is 19.9 Å². The molecule has 4 nitrogen and oxygen atoms in total. The lowest BCUT2D eigenvalue weighted by molar-refractivity contribution is 0.568. The largest absolute Gasteiger partial charge is 0.255 e. The number of aromatic nitrogens is 4. The maximum Gasteiger partial charge on any atom is 0.165 e. The van der Waals surface area contributed by atoms with Crippen molar-refractivity contribution < 1.29 is 0 Å². The SMILES string of the molecule is Cc1cc(C)cc(-c2ccccc2-c2ccc(-c3ccc(-c4nc(-c5cc(C(C)(C)C)cc(C(C)(C)C)c5)nc(-c5cc(C(C)(C)C)cc(C(C)(C)C)c5)n4)cn3)cc2Br)c1. The van der Waals surface area contributed by atoms with Crippen molar-refractivity contribution in [1.29, 1.82) is 0 Å². The number of hydrogen-bond acceptors (Lipinski definition) is 4. The Morgan fingerprint density at radius 2 is 0.803 bits per heavy atom. The van der Waals surface area contributed by atoms with Gasteiger partial charge in [0.05, 0.1) is 5.69 Å². The summed E-state index contributed by atoms with van der Waals surface area (Å²) in [6, 6.07) is 39.7. The van der Waals surface area contributed by atoms with Gasteiger partial charge in [0.25, 0.3) is 0 Å². The Balaban J connectivity index is 1.34.